The summed E-state index contributed by atoms with van der Waals surface area (Å²) < 4.78 is 27.2. The van der Waals surface area contributed by atoms with Gasteiger partial charge in [-0.2, -0.15) is 4.31 Å². The van der Waals surface area contributed by atoms with Crippen LogP contribution >= 0.6 is 11.6 Å². The summed E-state index contributed by atoms with van der Waals surface area (Å²) in [5.41, 5.74) is 6.80. The van der Waals surface area contributed by atoms with E-state index in [4.69, 9.17) is 17.3 Å². The highest BCUT2D eigenvalue weighted by Gasteiger charge is 2.33. The molecule has 1 fully saturated rings. The second-order valence-electron chi connectivity index (χ2n) is 5.99. The van der Waals surface area contributed by atoms with Gasteiger partial charge in [0.05, 0.1) is 15.6 Å². The van der Waals surface area contributed by atoms with E-state index in [0.717, 1.165) is 19.3 Å². The molecule has 1 aromatic rings. The van der Waals surface area contributed by atoms with Crippen LogP contribution < -0.4 is 5.73 Å². The third kappa shape index (κ3) is 3.20. The number of halogens is 1. The molecular formula is C15H23ClN2O2S. The summed E-state index contributed by atoms with van der Waals surface area (Å²) >= 11 is 6.02. The number of hydrogen-bond donors (Lipinski definition) is 1. The number of rotatable bonds is 3. The Morgan fingerprint density at radius 2 is 1.90 bits per heavy atom. The van der Waals surface area contributed by atoms with Gasteiger partial charge in [0.1, 0.15) is 0 Å². The van der Waals surface area contributed by atoms with Crippen molar-refractivity contribution < 1.29 is 8.42 Å². The van der Waals surface area contributed by atoms with Crippen molar-refractivity contribution in [1.82, 2.24) is 4.31 Å². The summed E-state index contributed by atoms with van der Waals surface area (Å²) in [7, 11) is -1.87. The van der Waals surface area contributed by atoms with E-state index in [1.54, 1.807) is 20.0 Å². The average Bonchev–Trinajstić information content (AvgIpc) is 2.44. The lowest BCUT2D eigenvalue weighted by Crippen LogP contribution is -2.42. The van der Waals surface area contributed by atoms with Crippen LogP contribution in [0.5, 0.6) is 0 Å². The Balaban J connectivity index is 2.37. The second-order valence-corrected chi connectivity index (χ2v) is 8.37. The molecule has 1 aliphatic rings. The molecule has 2 rings (SSSR count). The Morgan fingerprint density at radius 3 is 2.48 bits per heavy atom. The fraction of sp³-hybridized carbons (Fsp3) is 0.600. The number of hydrogen-bond acceptors (Lipinski definition) is 3. The molecule has 2 atom stereocenters. The monoisotopic (exact) mass is 330 g/mol. The molecule has 4 nitrogen and oxygen atoms in total. The van der Waals surface area contributed by atoms with Gasteiger partial charge in [0, 0.05) is 13.1 Å². The molecule has 2 unspecified atom stereocenters. The van der Waals surface area contributed by atoms with Crippen molar-refractivity contribution in [3.8, 4) is 0 Å². The summed E-state index contributed by atoms with van der Waals surface area (Å²) in [6.45, 7) is 3.89. The first-order chi connectivity index (χ1) is 9.75. The molecule has 0 radical (unpaired) electrons. The number of sulfonamides is 1. The number of benzene rings is 1. The van der Waals surface area contributed by atoms with Gasteiger partial charge in [0.2, 0.25) is 10.0 Å². The van der Waals surface area contributed by atoms with Crippen LogP contribution in [0.25, 0.3) is 0 Å². The number of anilines is 1. The predicted molar refractivity (Wildman–Crippen MR) is 87.0 cm³/mol. The van der Waals surface area contributed by atoms with E-state index in [0.29, 0.717) is 22.2 Å². The van der Waals surface area contributed by atoms with Gasteiger partial charge in [-0.1, -0.05) is 31.4 Å². The molecule has 6 heteroatoms. The summed E-state index contributed by atoms with van der Waals surface area (Å²) in [5.74, 6) is 0.379. The molecule has 1 aromatic carbocycles. The highest BCUT2D eigenvalue weighted by Crippen LogP contribution is 2.33. The fourth-order valence-electron chi connectivity index (χ4n) is 3.09. The molecule has 0 amide bonds. The van der Waals surface area contributed by atoms with Gasteiger partial charge < -0.3 is 5.73 Å². The zero-order chi connectivity index (χ0) is 15.8. The van der Waals surface area contributed by atoms with Gasteiger partial charge >= 0.3 is 0 Å². The van der Waals surface area contributed by atoms with E-state index in [1.807, 2.05) is 0 Å². The number of nitrogens with zero attached hydrogens (tertiary/aromatic N) is 1. The van der Waals surface area contributed by atoms with E-state index >= 15 is 0 Å². The molecule has 2 N–H and O–H groups in total. The minimum Gasteiger partial charge on any atom is -0.397 e. The molecule has 0 aromatic heterocycles. The smallest absolute Gasteiger partial charge is 0.243 e. The number of nitrogen functional groups attached to an aromatic ring is 1. The molecule has 21 heavy (non-hydrogen) atoms. The highest BCUT2D eigenvalue weighted by atomic mass is 35.5. The van der Waals surface area contributed by atoms with E-state index in [2.05, 4.69) is 6.92 Å². The van der Waals surface area contributed by atoms with Crippen LogP contribution in [-0.4, -0.2) is 25.8 Å². The van der Waals surface area contributed by atoms with Crippen molar-refractivity contribution in [2.75, 3.05) is 12.8 Å². The third-order valence-electron chi connectivity index (χ3n) is 4.47. The standard InChI is InChI=1S/C15H23ClN2O2S/c1-10-6-4-5-7-14(10)18(3)21(19,20)12-8-11(2)15(16)13(17)9-12/h8-10,14H,4-7,17H2,1-3H3. The number of nitrogens with two attached hydrogens (primary N) is 1. The fourth-order valence-corrected chi connectivity index (χ4v) is 4.81. The number of aryl methyl sites for hydroxylation is 1. The SMILES string of the molecule is Cc1cc(S(=O)(=O)N(C)C2CCCCC2C)cc(N)c1Cl. The lowest BCUT2D eigenvalue weighted by molar-refractivity contribution is 0.213. The maximum atomic E-state index is 12.8. The lowest BCUT2D eigenvalue weighted by Gasteiger charge is -2.35. The van der Waals surface area contributed by atoms with Crippen LogP contribution in [0, 0.1) is 12.8 Å². The van der Waals surface area contributed by atoms with Crippen LogP contribution in [0.3, 0.4) is 0 Å². The van der Waals surface area contributed by atoms with Crippen molar-refractivity contribution in [3.63, 3.8) is 0 Å². The van der Waals surface area contributed by atoms with E-state index < -0.39 is 10.0 Å². The maximum absolute atomic E-state index is 12.8. The molecule has 0 aliphatic heterocycles. The third-order valence-corrected chi connectivity index (χ3v) is 6.84. The zero-order valence-corrected chi connectivity index (χ0v) is 14.3. The molecule has 1 saturated carbocycles. The molecule has 118 valence electrons. The lowest BCUT2D eigenvalue weighted by atomic mass is 9.86. The van der Waals surface area contributed by atoms with Gasteiger partial charge in [0.25, 0.3) is 0 Å². The van der Waals surface area contributed by atoms with E-state index in [1.165, 1.54) is 16.8 Å². The Labute approximate surface area is 132 Å². The van der Waals surface area contributed by atoms with Gasteiger partial charge in [0.15, 0.2) is 0 Å². The Kier molecular flexibility index (Phi) is 4.85. The Hall–Kier alpha value is -0.780. The van der Waals surface area contributed by atoms with Crippen molar-refractivity contribution in [2.24, 2.45) is 5.92 Å². The quantitative estimate of drug-likeness (QED) is 0.863. The second kappa shape index (κ2) is 6.15. The summed E-state index contributed by atoms with van der Waals surface area (Å²) in [5, 5.41) is 0.419. The Morgan fingerprint density at radius 1 is 1.29 bits per heavy atom. The van der Waals surface area contributed by atoms with E-state index in [-0.39, 0.29) is 10.9 Å². The van der Waals surface area contributed by atoms with Crippen LogP contribution in [0.2, 0.25) is 5.02 Å². The molecule has 0 bridgehead atoms. The summed E-state index contributed by atoms with van der Waals surface area (Å²) in [4.78, 5) is 0.224. The minimum absolute atomic E-state index is 0.0564. The first-order valence-electron chi connectivity index (χ1n) is 7.28. The molecule has 1 aliphatic carbocycles. The molecule has 0 heterocycles. The van der Waals surface area contributed by atoms with Gasteiger partial charge in [-0.3, -0.25) is 0 Å². The predicted octanol–water partition coefficient (Wildman–Crippen LogP) is 3.43. The van der Waals surface area contributed by atoms with Gasteiger partial charge in [-0.05, 0) is 43.4 Å². The highest BCUT2D eigenvalue weighted by molar-refractivity contribution is 7.89. The van der Waals surface area contributed by atoms with Crippen molar-refractivity contribution >= 4 is 27.3 Å². The summed E-state index contributed by atoms with van der Waals surface area (Å²) in [6.07, 6.45) is 4.25. The van der Waals surface area contributed by atoms with Crippen molar-refractivity contribution in [1.29, 1.82) is 0 Å². The molecular weight excluding hydrogens is 308 g/mol. The molecule has 0 spiro atoms. The normalized spacial score (nSPS) is 23.5. The minimum atomic E-state index is -3.54. The first kappa shape index (κ1) is 16.6. The van der Waals surface area contributed by atoms with Crippen LogP contribution in [0.4, 0.5) is 5.69 Å². The van der Waals surface area contributed by atoms with Crippen LogP contribution in [-0.2, 0) is 10.0 Å². The maximum Gasteiger partial charge on any atom is 0.243 e. The summed E-state index contributed by atoms with van der Waals surface area (Å²) in [6, 6.07) is 3.10. The average molecular weight is 331 g/mol. The van der Waals surface area contributed by atoms with Crippen molar-refractivity contribution in [2.45, 2.75) is 50.5 Å². The zero-order valence-electron chi connectivity index (χ0n) is 12.8. The van der Waals surface area contributed by atoms with Crippen LogP contribution in [0.1, 0.15) is 38.2 Å². The largest absolute Gasteiger partial charge is 0.397 e. The van der Waals surface area contributed by atoms with Crippen molar-refractivity contribution in [3.05, 3.63) is 22.7 Å². The Bertz CT molecular complexity index is 608. The van der Waals surface area contributed by atoms with Crippen LogP contribution in [0.15, 0.2) is 17.0 Å². The van der Waals surface area contributed by atoms with E-state index in [9.17, 15) is 8.42 Å². The van der Waals surface area contributed by atoms with Gasteiger partial charge in [-0.15, -0.1) is 0 Å². The molecule has 0 saturated heterocycles. The van der Waals surface area contributed by atoms with Gasteiger partial charge in [-0.25, -0.2) is 8.42 Å². The topological polar surface area (TPSA) is 63.4 Å². The first-order valence-corrected chi connectivity index (χ1v) is 9.10.